The number of rotatable bonds is 7. The molecule has 35 heavy (non-hydrogen) atoms. The Kier molecular flexibility index (Phi) is 7.90. The summed E-state index contributed by atoms with van der Waals surface area (Å²) in [5.41, 5.74) is 3.63. The van der Waals surface area contributed by atoms with Crippen molar-refractivity contribution in [3.8, 4) is 0 Å². The van der Waals surface area contributed by atoms with E-state index in [-0.39, 0.29) is 10.8 Å². The monoisotopic (exact) mass is 514 g/mol. The van der Waals surface area contributed by atoms with Crippen molar-refractivity contribution in [1.82, 2.24) is 14.2 Å². The lowest BCUT2D eigenvalue weighted by Crippen LogP contribution is -2.36. The van der Waals surface area contributed by atoms with Crippen LogP contribution in [0.15, 0.2) is 41.3 Å². The van der Waals surface area contributed by atoms with Crippen LogP contribution in [0.25, 0.3) is 10.2 Å². The van der Waals surface area contributed by atoms with Gasteiger partial charge in [0.15, 0.2) is 5.13 Å². The van der Waals surface area contributed by atoms with Crippen molar-refractivity contribution in [1.29, 1.82) is 0 Å². The molecule has 0 spiro atoms. The van der Waals surface area contributed by atoms with Crippen LogP contribution in [-0.4, -0.2) is 68.8 Å². The minimum atomic E-state index is -3.56. The highest BCUT2D eigenvalue weighted by Gasteiger charge is 2.26. The average molecular weight is 515 g/mol. The number of carbonyl (C=O) groups excluding carboxylic acids is 1. The van der Waals surface area contributed by atoms with Crippen molar-refractivity contribution in [3.63, 3.8) is 0 Å². The van der Waals surface area contributed by atoms with Crippen LogP contribution in [0.2, 0.25) is 0 Å². The molecule has 0 radical (unpaired) electrons. The Morgan fingerprint density at radius 3 is 2.29 bits per heavy atom. The van der Waals surface area contributed by atoms with Crippen LogP contribution in [0.4, 0.5) is 5.13 Å². The minimum absolute atomic E-state index is 0.181. The summed E-state index contributed by atoms with van der Waals surface area (Å²) in [4.78, 5) is 22.4. The van der Waals surface area contributed by atoms with E-state index >= 15 is 0 Å². The number of aromatic nitrogens is 1. The lowest BCUT2D eigenvalue weighted by atomic mass is 10.1. The highest BCUT2D eigenvalue weighted by Crippen LogP contribution is 2.33. The summed E-state index contributed by atoms with van der Waals surface area (Å²) in [5, 5.41) is 0.654. The molecule has 3 aromatic rings. The summed E-state index contributed by atoms with van der Waals surface area (Å²) in [6.45, 7) is 6.38. The molecule has 9 heteroatoms. The summed E-state index contributed by atoms with van der Waals surface area (Å²) in [5.74, 6) is -0.181. The normalized spacial score (nSPS) is 15.5. The zero-order valence-electron chi connectivity index (χ0n) is 21.0. The fourth-order valence-corrected chi connectivity index (χ4v) is 6.98. The molecule has 1 amide bonds. The third-order valence-corrected chi connectivity index (χ3v) is 9.50. The second-order valence-corrected chi connectivity index (χ2v) is 12.4. The summed E-state index contributed by atoms with van der Waals surface area (Å²) >= 11 is 1.52. The van der Waals surface area contributed by atoms with Gasteiger partial charge in [0.1, 0.15) is 0 Å². The molecule has 0 atom stereocenters. The highest BCUT2D eigenvalue weighted by atomic mass is 32.2. The molecule has 1 aliphatic rings. The molecule has 4 rings (SSSR count). The average Bonchev–Trinajstić information content (AvgIpc) is 3.04. The molecule has 1 saturated heterocycles. The van der Waals surface area contributed by atoms with E-state index in [0.29, 0.717) is 36.9 Å². The van der Waals surface area contributed by atoms with Gasteiger partial charge in [0.2, 0.25) is 10.0 Å². The Labute approximate surface area is 212 Å². The number of sulfonamides is 1. The fraction of sp³-hybridized carbons (Fsp3) is 0.462. The molecule has 0 aliphatic carbocycles. The zero-order chi connectivity index (χ0) is 25.2. The number of benzene rings is 2. The van der Waals surface area contributed by atoms with Gasteiger partial charge >= 0.3 is 0 Å². The number of carbonyl (C=O) groups is 1. The second-order valence-electron chi connectivity index (χ2n) is 9.53. The van der Waals surface area contributed by atoms with Crippen LogP contribution < -0.4 is 4.90 Å². The summed E-state index contributed by atoms with van der Waals surface area (Å²) in [7, 11) is 0.382. The first-order chi connectivity index (χ1) is 16.7. The third kappa shape index (κ3) is 5.74. The van der Waals surface area contributed by atoms with Gasteiger partial charge in [-0.1, -0.05) is 30.2 Å². The maximum atomic E-state index is 13.6. The molecule has 0 N–H and O–H groups in total. The standard InChI is InChI=1S/C26H34N4O3S2/c1-19-17-20(2)24-23(18-19)27-26(34-24)30(16-15-28(3)4)25(31)21-9-11-22(12-10-21)35(32,33)29-13-7-5-6-8-14-29/h9-12,17-18H,5-8,13-16H2,1-4H3. The largest absolute Gasteiger partial charge is 0.308 e. The predicted molar refractivity (Wildman–Crippen MR) is 143 cm³/mol. The van der Waals surface area contributed by atoms with E-state index in [1.54, 1.807) is 33.5 Å². The number of anilines is 1. The van der Waals surface area contributed by atoms with Crippen molar-refractivity contribution in [2.45, 2.75) is 44.4 Å². The van der Waals surface area contributed by atoms with Crippen LogP contribution in [0.1, 0.15) is 47.2 Å². The van der Waals surface area contributed by atoms with Gasteiger partial charge in [-0.15, -0.1) is 0 Å². The summed E-state index contributed by atoms with van der Waals surface area (Å²) in [6.07, 6.45) is 3.90. The topological polar surface area (TPSA) is 73.8 Å². The smallest absolute Gasteiger partial charge is 0.260 e. The minimum Gasteiger partial charge on any atom is -0.308 e. The Morgan fingerprint density at radius 2 is 1.66 bits per heavy atom. The fourth-order valence-electron chi connectivity index (χ4n) is 4.42. The number of amides is 1. The van der Waals surface area contributed by atoms with Crippen molar-refractivity contribution in [2.24, 2.45) is 0 Å². The molecule has 7 nitrogen and oxygen atoms in total. The number of thiazole rings is 1. The van der Waals surface area contributed by atoms with E-state index in [4.69, 9.17) is 4.98 Å². The van der Waals surface area contributed by atoms with Crippen LogP contribution >= 0.6 is 11.3 Å². The Morgan fingerprint density at radius 1 is 1.00 bits per heavy atom. The maximum Gasteiger partial charge on any atom is 0.260 e. The predicted octanol–water partition coefficient (Wildman–Crippen LogP) is 4.69. The maximum absolute atomic E-state index is 13.6. The van der Waals surface area contributed by atoms with Crippen molar-refractivity contribution in [3.05, 3.63) is 53.1 Å². The lowest BCUT2D eigenvalue weighted by Gasteiger charge is -2.22. The van der Waals surface area contributed by atoms with Gasteiger partial charge < -0.3 is 4.90 Å². The van der Waals surface area contributed by atoms with Gasteiger partial charge in [0.05, 0.1) is 15.1 Å². The third-order valence-electron chi connectivity index (χ3n) is 6.36. The van der Waals surface area contributed by atoms with Gasteiger partial charge in [0, 0.05) is 31.7 Å². The molecular weight excluding hydrogens is 480 g/mol. The first kappa shape index (κ1) is 25.8. The second kappa shape index (κ2) is 10.7. The number of nitrogens with zero attached hydrogens (tertiary/aromatic N) is 4. The van der Waals surface area contributed by atoms with Gasteiger partial charge in [-0.2, -0.15) is 4.31 Å². The molecule has 188 valence electrons. The van der Waals surface area contributed by atoms with Crippen LogP contribution in [0.3, 0.4) is 0 Å². The number of aryl methyl sites for hydroxylation is 2. The highest BCUT2D eigenvalue weighted by molar-refractivity contribution is 7.89. The van der Waals surface area contributed by atoms with Crippen LogP contribution in [0.5, 0.6) is 0 Å². The Bertz CT molecular complexity index is 1290. The molecule has 0 unspecified atom stereocenters. The quantitative estimate of drug-likeness (QED) is 0.458. The number of likely N-dealkylation sites (N-methyl/N-ethyl adjacent to an activating group) is 1. The summed E-state index contributed by atoms with van der Waals surface area (Å²) in [6, 6.07) is 10.5. The number of hydrogen-bond donors (Lipinski definition) is 0. The van der Waals surface area contributed by atoms with Gasteiger partial charge in [-0.05, 0) is 82.2 Å². The molecule has 0 saturated carbocycles. The van der Waals surface area contributed by atoms with E-state index < -0.39 is 10.0 Å². The SMILES string of the molecule is Cc1cc(C)c2sc(N(CCN(C)C)C(=O)c3ccc(S(=O)(=O)N4CCCCCC4)cc3)nc2c1. The first-order valence-corrected chi connectivity index (χ1v) is 14.4. The van der Waals surface area contributed by atoms with Gasteiger partial charge in [0.25, 0.3) is 5.91 Å². The molecule has 2 aromatic carbocycles. The molecule has 0 bridgehead atoms. The number of hydrogen-bond acceptors (Lipinski definition) is 6. The van der Waals surface area contributed by atoms with Gasteiger partial charge in [-0.3, -0.25) is 9.69 Å². The Hall–Kier alpha value is -2.33. The van der Waals surface area contributed by atoms with Crippen molar-refractivity contribution < 1.29 is 13.2 Å². The van der Waals surface area contributed by atoms with E-state index in [1.165, 1.54) is 11.3 Å². The molecular formula is C26H34N4O3S2. The molecule has 1 aliphatic heterocycles. The van der Waals surface area contributed by atoms with E-state index in [0.717, 1.165) is 47.0 Å². The van der Waals surface area contributed by atoms with E-state index in [1.807, 2.05) is 32.0 Å². The molecule has 2 heterocycles. The zero-order valence-corrected chi connectivity index (χ0v) is 22.6. The Balaban J connectivity index is 1.63. The summed E-state index contributed by atoms with van der Waals surface area (Å²) < 4.78 is 28.9. The van der Waals surface area contributed by atoms with Crippen LogP contribution in [0, 0.1) is 13.8 Å². The van der Waals surface area contributed by atoms with Gasteiger partial charge in [-0.25, -0.2) is 13.4 Å². The van der Waals surface area contributed by atoms with Crippen LogP contribution in [-0.2, 0) is 10.0 Å². The van der Waals surface area contributed by atoms with E-state index in [2.05, 4.69) is 13.0 Å². The first-order valence-electron chi connectivity index (χ1n) is 12.1. The van der Waals surface area contributed by atoms with Crippen molar-refractivity contribution >= 4 is 42.6 Å². The number of fused-ring (bicyclic) bond motifs is 1. The molecule has 1 aromatic heterocycles. The molecule has 1 fully saturated rings. The van der Waals surface area contributed by atoms with Crippen molar-refractivity contribution in [2.75, 3.05) is 45.2 Å². The van der Waals surface area contributed by atoms with E-state index in [9.17, 15) is 13.2 Å². The lowest BCUT2D eigenvalue weighted by molar-refractivity contribution is 0.0985.